The second kappa shape index (κ2) is 7.91. The zero-order chi connectivity index (χ0) is 19.5. The average molecular weight is 412 g/mol. The van der Waals surface area contributed by atoms with Gasteiger partial charge in [0.1, 0.15) is 10.6 Å². The Morgan fingerprint density at radius 3 is 2.89 bits per heavy atom. The predicted octanol–water partition coefficient (Wildman–Crippen LogP) is 3.50. The van der Waals surface area contributed by atoms with Crippen LogP contribution in [0.1, 0.15) is 25.8 Å². The number of rotatable bonds is 6. The first kappa shape index (κ1) is 18.3. The molecule has 7 nitrogen and oxygen atoms in total. The van der Waals surface area contributed by atoms with Gasteiger partial charge in [-0.05, 0) is 24.1 Å². The summed E-state index contributed by atoms with van der Waals surface area (Å²) in [6.07, 6.45) is 1.85. The van der Waals surface area contributed by atoms with Crippen LogP contribution in [0.2, 0.25) is 0 Å². The van der Waals surface area contributed by atoms with E-state index in [4.69, 9.17) is 0 Å². The van der Waals surface area contributed by atoms with Gasteiger partial charge in [-0.1, -0.05) is 24.3 Å². The van der Waals surface area contributed by atoms with E-state index in [0.29, 0.717) is 17.4 Å². The number of hydrogen-bond acceptors (Lipinski definition) is 6. The van der Waals surface area contributed by atoms with Gasteiger partial charge in [-0.2, -0.15) is 5.10 Å². The summed E-state index contributed by atoms with van der Waals surface area (Å²) in [7, 11) is 0. The molecule has 0 saturated carbocycles. The highest BCUT2D eigenvalue weighted by Crippen LogP contribution is 2.29. The van der Waals surface area contributed by atoms with Crippen molar-refractivity contribution in [3.63, 3.8) is 0 Å². The van der Waals surface area contributed by atoms with Crippen molar-refractivity contribution in [2.45, 2.75) is 19.9 Å². The van der Waals surface area contributed by atoms with E-state index in [1.807, 2.05) is 37.3 Å². The molecule has 0 spiro atoms. The molecule has 2 amide bonds. The molecule has 0 atom stereocenters. The molecule has 0 aliphatic rings. The number of thiazole rings is 1. The number of nitrogens with one attached hydrogen (secondary N) is 3. The van der Waals surface area contributed by atoms with Gasteiger partial charge in [0.15, 0.2) is 5.01 Å². The van der Waals surface area contributed by atoms with Crippen LogP contribution in [0.15, 0.2) is 41.9 Å². The third-order valence-corrected chi connectivity index (χ3v) is 6.04. The summed E-state index contributed by atoms with van der Waals surface area (Å²) < 4.78 is 0. The summed E-state index contributed by atoms with van der Waals surface area (Å²) in [5.41, 5.74) is 2.25. The zero-order valence-electron chi connectivity index (χ0n) is 15.0. The molecule has 3 aromatic heterocycles. The Hall–Kier alpha value is -3.04. The Labute approximate surface area is 168 Å². The third-order valence-electron chi connectivity index (χ3n) is 4.24. The number of carbonyl (C=O) groups excluding carboxylic acids is 2. The summed E-state index contributed by atoms with van der Waals surface area (Å²) in [6, 6.07) is 9.86. The molecule has 1 aromatic carbocycles. The number of amides is 2. The minimum atomic E-state index is -0.288. The quantitative estimate of drug-likeness (QED) is 0.452. The number of thiophene rings is 1. The van der Waals surface area contributed by atoms with E-state index in [-0.39, 0.29) is 18.2 Å². The summed E-state index contributed by atoms with van der Waals surface area (Å²) in [5.74, 6) is 0.173. The van der Waals surface area contributed by atoms with Crippen molar-refractivity contribution in [2.24, 2.45) is 0 Å². The van der Waals surface area contributed by atoms with Crippen molar-refractivity contribution in [1.82, 2.24) is 20.5 Å². The highest BCUT2D eigenvalue weighted by molar-refractivity contribution is 7.18. The molecule has 4 aromatic rings. The number of carbonyl (C=O) groups is 2. The molecule has 4 rings (SSSR count). The topological polar surface area (TPSA) is 99.8 Å². The van der Waals surface area contributed by atoms with Crippen molar-refractivity contribution >= 4 is 50.5 Å². The van der Waals surface area contributed by atoms with E-state index in [9.17, 15) is 9.59 Å². The van der Waals surface area contributed by atoms with Crippen LogP contribution in [0.4, 0.5) is 5.82 Å². The van der Waals surface area contributed by atoms with Gasteiger partial charge in [-0.15, -0.1) is 22.7 Å². The zero-order valence-corrected chi connectivity index (χ0v) is 16.6. The van der Waals surface area contributed by atoms with Gasteiger partial charge in [0, 0.05) is 23.0 Å². The van der Waals surface area contributed by atoms with Crippen molar-refractivity contribution in [3.8, 4) is 0 Å². The van der Waals surface area contributed by atoms with Gasteiger partial charge in [-0.3, -0.25) is 14.7 Å². The fourth-order valence-electron chi connectivity index (χ4n) is 2.77. The summed E-state index contributed by atoms with van der Waals surface area (Å²) in [4.78, 5) is 30.1. The molecular formula is C19H17N5O2S2. The lowest BCUT2D eigenvalue weighted by Crippen LogP contribution is -2.24. The van der Waals surface area contributed by atoms with Crippen LogP contribution >= 0.6 is 22.7 Å². The number of aromatic amines is 1. The first-order valence-electron chi connectivity index (χ1n) is 8.59. The molecule has 142 valence electrons. The van der Waals surface area contributed by atoms with E-state index < -0.39 is 0 Å². The lowest BCUT2D eigenvalue weighted by molar-refractivity contribution is -0.120. The molecule has 9 heteroatoms. The normalized spacial score (nSPS) is 10.9. The average Bonchev–Trinajstić information content (AvgIpc) is 3.40. The summed E-state index contributed by atoms with van der Waals surface area (Å²) in [6.45, 7) is 2.53. The Morgan fingerprint density at radius 2 is 2.11 bits per heavy atom. The van der Waals surface area contributed by atoms with Crippen molar-refractivity contribution in [3.05, 3.63) is 62.9 Å². The molecule has 0 fully saturated rings. The number of hydrogen-bond donors (Lipinski definition) is 3. The molecule has 0 aliphatic heterocycles. The number of aromatic nitrogens is 3. The number of benzene rings is 1. The minimum Gasteiger partial charge on any atom is -0.352 e. The standard InChI is InChI=1S/C19H17N5O2S2/c1-11-4-2-3-5-12(11)10-21-15(25)9-13-8-14-16(23-24-18(14)28-13)22-17(26)19-20-6-7-27-19/h2-8H,9-10H2,1H3,(H,21,25)(H2,22,23,24,26). The van der Waals surface area contributed by atoms with Crippen LogP contribution < -0.4 is 10.6 Å². The second-order valence-corrected chi connectivity index (χ2v) is 8.21. The molecule has 3 heterocycles. The van der Waals surface area contributed by atoms with Crippen LogP contribution in [0.5, 0.6) is 0 Å². The first-order valence-corrected chi connectivity index (χ1v) is 10.3. The van der Waals surface area contributed by atoms with E-state index >= 15 is 0 Å². The fourth-order valence-corrected chi connectivity index (χ4v) is 4.29. The smallest absolute Gasteiger partial charge is 0.285 e. The van der Waals surface area contributed by atoms with Gasteiger partial charge in [0.2, 0.25) is 5.91 Å². The van der Waals surface area contributed by atoms with E-state index in [1.165, 1.54) is 22.7 Å². The first-order chi connectivity index (χ1) is 13.6. The molecule has 3 N–H and O–H groups in total. The van der Waals surface area contributed by atoms with E-state index in [2.05, 4.69) is 25.8 Å². The Balaban J connectivity index is 1.41. The Bertz CT molecular complexity index is 1130. The molecule has 0 radical (unpaired) electrons. The molecular weight excluding hydrogens is 394 g/mol. The molecule has 0 aliphatic carbocycles. The predicted molar refractivity (Wildman–Crippen MR) is 111 cm³/mol. The Kier molecular flexibility index (Phi) is 5.18. The summed E-state index contributed by atoms with van der Waals surface area (Å²) >= 11 is 2.70. The van der Waals surface area contributed by atoms with Crippen molar-refractivity contribution in [2.75, 3.05) is 5.32 Å². The largest absolute Gasteiger partial charge is 0.352 e. The number of anilines is 1. The van der Waals surface area contributed by atoms with Gasteiger partial charge < -0.3 is 10.6 Å². The highest BCUT2D eigenvalue weighted by Gasteiger charge is 2.16. The van der Waals surface area contributed by atoms with Crippen LogP contribution in [0.25, 0.3) is 10.2 Å². The van der Waals surface area contributed by atoms with Crippen LogP contribution in [0, 0.1) is 6.92 Å². The second-order valence-electron chi connectivity index (χ2n) is 6.20. The van der Waals surface area contributed by atoms with E-state index in [1.54, 1.807) is 11.6 Å². The van der Waals surface area contributed by atoms with Crippen LogP contribution in [-0.2, 0) is 17.8 Å². The van der Waals surface area contributed by atoms with Gasteiger partial charge >= 0.3 is 0 Å². The highest BCUT2D eigenvalue weighted by atomic mass is 32.1. The summed E-state index contributed by atoms with van der Waals surface area (Å²) in [5, 5.41) is 15.7. The fraction of sp³-hybridized carbons (Fsp3) is 0.158. The van der Waals surface area contributed by atoms with Gasteiger partial charge in [0.05, 0.1) is 11.8 Å². The lowest BCUT2D eigenvalue weighted by atomic mass is 10.1. The van der Waals surface area contributed by atoms with Crippen LogP contribution in [-0.4, -0.2) is 27.0 Å². The van der Waals surface area contributed by atoms with Gasteiger partial charge in [0.25, 0.3) is 5.91 Å². The molecule has 0 saturated heterocycles. The third kappa shape index (κ3) is 3.95. The Morgan fingerprint density at radius 1 is 1.25 bits per heavy atom. The van der Waals surface area contributed by atoms with Crippen molar-refractivity contribution in [1.29, 1.82) is 0 Å². The number of aryl methyl sites for hydroxylation is 1. The number of H-pyrrole nitrogens is 1. The maximum Gasteiger partial charge on any atom is 0.285 e. The number of fused-ring (bicyclic) bond motifs is 1. The molecule has 28 heavy (non-hydrogen) atoms. The monoisotopic (exact) mass is 411 g/mol. The maximum atomic E-state index is 12.3. The van der Waals surface area contributed by atoms with Crippen LogP contribution in [0.3, 0.4) is 0 Å². The van der Waals surface area contributed by atoms with Gasteiger partial charge in [-0.25, -0.2) is 4.98 Å². The molecule has 0 unspecified atom stereocenters. The minimum absolute atomic E-state index is 0.0514. The SMILES string of the molecule is Cc1ccccc1CNC(=O)Cc1cc2c(NC(=O)c3nccs3)[nH]nc2s1. The van der Waals surface area contributed by atoms with E-state index in [0.717, 1.165) is 26.2 Å². The molecule has 0 bridgehead atoms. The maximum absolute atomic E-state index is 12.3. The van der Waals surface area contributed by atoms with Crippen molar-refractivity contribution < 1.29 is 9.59 Å². The number of nitrogens with zero attached hydrogens (tertiary/aromatic N) is 2. The lowest BCUT2D eigenvalue weighted by Gasteiger charge is -2.07.